The number of amides is 1. The van der Waals surface area contributed by atoms with Gasteiger partial charge in [0.15, 0.2) is 5.69 Å². The second-order valence-corrected chi connectivity index (χ2v) is 3.71. The van der Waals surface area contributed by atoms with Crippen LogP contribution < -0.4 is 11.1 Å². The fraction of sp³-hybridized carbons (Fsp3) is 0.182. The molecule has 3 N–H and O–H groups in total. The minimum atomic E-state index is -0.286. The van der Waals surface area contributed by atoms with Crippen molar-refractivity contribution in [2.75, 3.05) is 11.1 Å². The van der Waals surface area contributed by atoms with Gasteiger partial charge >= 0.3 is 0 Å². The normalized spacial score (nSPS) is 10.2. The second-order valence-electron chi connectivity index (χ2n) is 3.71. The number of nitrogens with zero attached hydrogens (tertiary/aromatic N) is 3. The largest absolute Gasteiger partial charge is 0.396 e. The number of anilines is 2. The molecular weight excluding hydrogens is 218 g/mol. The molecule has 0 atom stereocenters. The first kappa shape index (κ1) is 11.1. The monoisotopic (exact) mass is 231 g/mol. The van der Waals surface area contributed by atoms with Crippen molar-refractivity contribution in [2.45, 2.75) is 6.92 Å². The highest BCUT2D eigenvalue weighted by Crippen LogP contribution is 2.16. The summed E-state index contributed by atoms with van der Waals surface area (Å²) in [4.78, 5) is 15.7. The van der Waals surface area contributed by atoms with Gasteiger partial charge in [-0.25, -0.2) is 0 Å². The molecule has 2 heterocycles. The Hall–Kier alpha value is -2.37. The number of aromatic nitrogens is 3. The Kier molecular flexibility index (Phi) is 2.78. The van der Waals surface area contributed by atoms with E-state index in [2.05, 4.69) is 15.4 Å². The Labute approximate surface area is 98.5 Å². The van der Waals surface area contributed by atoms with Crippen LogP contribution in [0.1, 0.15) is 16.2 Å². The number of nitrogens with one attached hydrogen (secondary N) is 1. The van der Waals surface area contributed by atoms with Crippen LogP contribution in [0, 0.1) is 6.92 Å². The molecule has 6 nitrogen and oxygen atoms in total. The van der Waals surface area contributed by atoms with Gasteiger partial charge in [0.2, 0.25) is 0 Å². The molecule has 6 heteroatoms. The van der Waals surface area contributed by atoms with E-state index in [0.29, 0.717) is 17.1 Å². The van der Waals surface area contributed by atoms with Crippen LogP contribution >= 0.6 is 0 Å². The molecule has 2 rings (SSSR count). The molecule has 2 aromatic heterocycles. The number of carbonyl (C=O) groups excluding carboxylic acids is 1. The minimum absolute atomic E-state index is 0.286. The Balaban J connectivity index is 2.20. The Morgan fingerprint density at radius 1 is 1.53 bits per heavy atom. The van der Waals surface area contributed by atoms with Crippen molar-refractivity contribution in [3.8, 4) is 0 Å². The Morgan fingerprint density at radius 3 is 2.88 bits per heavy atom. The van der Waals surface area contributed by atoms with Crippen molar-refractivity contribution in [3.05, 3.63) is 35.9 Å². The third kappa shape index (κ3) is 2.25. The van der Waals surface area contributed by atoms with E-state index in [1.807, 2.05) is 6.92 Å². The molecule has 0 bridgehead atoms. The van der Waals surface area contributed by atoms with Crippen LogP contribution in [-0.2, 0) is 7.05 Å². The topological polar surface area (TPSA) is 85.8 Å². The first-order valence-electron chi connectivity index (χ1n) is 5.09. The molecular formula is C11H13N5O. The number of pyridine rings is 1. The molecule has 1 amide bonds. The molecule has 0 aliphatic carbocycles. The average Bonchev–Trinajstić information content (AvgIpc) is 2.63. The first-order valence-corrected chi connectivity index (χ1v) is 5.09. The van der Waals surface area contributed by atoms with Crippen molar-refractivity contribution in [1.82, 2.24) is 14.8 Å². The minimum Gasteiger partial charge on any atom is -0.396 e. The predicted molar refractivity (Wildman–Crippen MR) is 64.5 cm³/mol. The lowest BCUT2D eigenvalue weighted by Crippen LogP contribution is -2.14. The van der Waals surface area contributed by atoms with Crippen LogP contribution in [0.15, 0.2) is 24.5 Å². The number of rotatable bonds is 2. The van der Waals surface area contributed by atoms with E-state index in [1.54, 1.807) is 30.1 Å². The van der Waals surface area contributed by atoms with Crippen LogP contribution in [0.25, 0.3) is 0 Å². The van der Waals surface area contributed by atoms with Gasteiger partial charge in [0.05, 0.1) is 17.6 Å². The molecule has 88 valence electrons. The van der Waals surface area contributed by atoms with Gasteiger partial charge in [0.25, 0.3) is 5.91 Å². The van der Waals surface area contributed by atoms with Gasteiger partial charge in [-0.15, -0.1) is 0 Å². The SMILES string of the molecule is Cc1cc(C(=O)Nc2ccncc2N)nn1C. The van der Waals surface area contributed by atoms with Crippen molar-refractivity contribution < 1.29 is 4.79 Å². The van der Waals surface area contributed by atoms with E-state index in [0.717, 1.165) is 5.69 Å². The van der Waals surface area contributed by atoms with Gasteiger partial charge in [-0.05, 0) is 19.1 Å². The van der Waals surface area contributed by atoms with Gasteiger partial charge in [-0.2, -0.15) is 5.10 Å². The molecule has 17 heavy (non-hydrogen) atoms. The van der Waals surface area contributed by atoms with Crippen LogP contribution in [0.3, 0.4) is 0 Å². The summed E-state index contributed by atoms with van der Waals surface area (Å²) in [5.41, 5.74) is 7.92. The summed E-state index contributed by atoms with van der Waals surface area (Å²) in [5, 5.41) is 6.77. The highest BCUT2D eigenvalue weighted by atomic mass is 16.1. The summed E-state index contributed by atoms with van der Waals surface area (Å²) >= 11 is 0. The molecule has 0 aliphatic heterocycles. The molecule has 0 saturated carbocycles. The average molecular weight is 231 g/mol. The number of hydrogen-bond acceptors (Lipinski definition) is 4. The number of aryl methyl sites for hydroxylation is 2. The smallest absolute Gasteiger partial charge is 0.276 e. The van der Waals surface area contributed by atoms with E-state index in [9.17, 15) is 4.79 Å². The van der Waals surface area contributed by atoms with Crippen molar-refractivity contribution in [1.29, 1.82) is 0 Å². The molecule has 0 aromatic carbocycles. The van der Waals surface area contributed by atoms with Crippen molar-refractivity contribution in [2.24, 2.45) is 7.05 Å². The molecule has 0 spiro atoms. The number of nitrogens with two attached hydrogens (primary N) is 1. The van der Waals surface area contributed by atoms with Crippen LogP contribution in [-0.4, -0.2) is 20.7 Å². The molecule has 0 unspecified atom stereocenters. The van der Waals surface area contributed by atoms with Crippen LogP contribution in [0.4, 0.5) is 11.4 Å². The molecule has 0 radical (unpaired) electrons. The van der Waals surface area contributed by atoms with Crippen LogP contribution in [0.5, 0.6) is 0 Å². The fourth-order valence-electron chi connectivity index (χ4n) is 1.38. The second kappa shape index (κ2) is 4.25. The summed E-state index contributed by atoms with van der Waals surface area (Å²) in [7, 11) is 1.78. The number of hydrogen-bond donors (Lipinski definition) is 2. The van der Waals surface area contributed by atoms with Gasteiger partial charge < -0.3 is 11.1 Å². The zero-order valence-electron chi connectivity index (χ0n) is 9.64. The quantitative estimate of drug-likeness (QED) is 0.806. The zero-order chi connectivity index (χ0) is 12.4. The van der Waals surface area contributed by atoms with Gasteiger partial charge in [0, 0.05) is 18.9 Å². The standard InChI is InChI=1S/C11H13N5O/c1-7-5-10(15-16(7)2)11(17)14-9-3-4-13-6-8(9)12/h3-6H,12H2,1-2H3,(H,13,14,17). The lowest BCUT2D eigenvalue weighted by atomic mass is 10.3. The summed E-state index contributed by atoms with van der Waals surface area (Å²) < 4.78 is 1.64. The van der Waals surface area contributed by atoms with E-state index < -0.39 is 0 Å². The van der Waals surface area contributed by atoms with Gasteiger partial charge in [-0.1, -0.05) is 0 Å². The fourth-order valence-corrected chi connectivity index (χ4v) is 1.38. The number of carbonyl (C=O) groups is 1. The summed E-state index contributed by atoms with van der Waals surface area (Å²) in [6.07, 6.45) is 3.05. The van der Waals surface area contributed by atoms with E-state index in [1.165, 1.54) is 6.20 Å². The zero-order valence-corrected chi connectivity index (χ0v) is 9.64. The van der Waals surface area contributed by atoms with E-state index >= 15 is 0 Å². The Bertz CT molecular complexity index is 541. The summed E-state index contributed by atoms with van der Waals surface area (Å²) in [6.45, 7) is 1.88. The molecule has 0 saturated heterocycles. The maximum Gasteiger partial charge on any atom is 0.276 e. The highest BCUT2D eigenvalue weighted by molar-refractivity contribution is 6.04. The molecule has 2 aromatic rings. The third-order valence-corrected chi connectivity index (χ3v) is 2.45. The third-order valence-electron chi connectivity index (χ3n) is 2.45. The van der Waals surface area contributed by atoms with Crippen LogP contribution in [0.2, 0.25) is 0 Å². The Morgan fingerprint density at radius 2 is 2.29 bits per heavy atom. The number of nitrogen functional groups attached to an aromatic ring is 1. The van der Waals surface area contributed by atoms with E-state index in [-0.39, 0.29) is 5.91 Å². The van der Waals surface area contributed by atoms with E-state index in [4.69, 9.17) is 5.73 Å². The van der Waals surface area contributed by atoms with Gasteiger partial charge in [-0.3, -0.25) is 14.5 Å². The maximum atomic E-state index is 11.9. The van der Waals surface area contributed by atoms with Crippen molar-refractivity contribution in [3.63, 3.8) is 0 Å². The molecule has 0 aliphatic rings. The molecule has 0 fully saturated rings. The highest BCUT2D eigenvalue weighted by Gasteiger charge is 2.12. The van der Waals surface area contributed by atoms with Gasteiger partial charge in [0.1, 0.15) is 0 Å². The van der Waals surface area contributed by atoms with Crippen molar-refractivity contribution >= 4 is 17.3 Å². The lowest BCUT2D eigenvalue weighted by molar-refractivity contribution is 0.102. The predicted octanol–water partition coefficient (Wildman–Crippen LogP) is 0.958. The summed E-state index contributed by atoms with van der Waals surface area (Å²) in [6, 6.07) is 3.36. The first-order chi connectivity index (χ1) is 8.08. The maximum absolute atomic E-state index is 11.9. The summed E-state index contributed by atoms with van der Waals surface area (Å²) in [5.74, 6) is -0.286. The lowest BCUT2D eigenvalue weighted by Gasteiger charge is -2.05.